The first-order chi connectivity index (χ1) is 8.30. The standard InChI is InChI=1S/C12H12F3NO2/c1-16(2)11(17)10-9(18-10)7-3-5-8(6-4-7)12(13,14)15/h3-6,9-10H,1-2H3/t9-,10+/m0/s1. The van der Waals surface area contributed by atoms with Gasteiger partial charge in [-0.1, -0.05) is 12.1 Å². The maximum Gasteiger partial charge on any atom is 0.416 e. The fourth-order valence-electron chi connectivity index (χ4n) is 1.67. The molecule has 3 nitrogen and oxygen atoms in total. The molecular weight excluding hydrogens is 247 g/mol. The van der Waals surface area contributed by atoms with Gasteiger partial charge in [-0.2, -0.15) is 13.2 Å². The highest BCUT2D eigenvalue weighted by Gasteiger charge is 2.47. The molecule has 2 rings (SSSR count). The minimum Gasteiger partial charge on any atom is -0.354 e. The lowest BCUT2D eigenvalue weighted by Gasteiger charge is -2.08. The molecule has 18 heavy (non-hydrogen) atoms. The van der Waals surface area contributed by atoms with E-state index in [9.17, 15) is 18.0 Å². The number of halogens is 3. The minimum absolute atomic E-state index is 0.181. The zero-order valence-corrected chi connectivity index (χ0v) is 9.86. The first-order valence-electron chi connectivity index (χ1n) is 5.34. The SMILES string of the molecule is CN(C)C(=O)[C@@H]1O[C@H]1c1ccc(C(F)(F)F)cc1. The number of epoxide rings is 1. The lowest BCUT2D eigenvalue weighted by molar-refractivity contribution is -0.137. The molecule has 0 aromatic heterocycles. The van der Waals surface area contributed by atoms with Gasteiger partial charge in [0, 0.05) is 14.1 Å². The number of hydrogen-bond donors (Lipinski definition) is 0. The Kier molecular flexibility index (Phi) is 3.06. The number of likely N-dealkylation sites (N-methyl/N-ethyl adjacent to an activating group) is 1. The number of carbonyl (C=O) groups is 1. The van der Waals surface area contributed by atoms with Crippen molar-refractivity contribution >= 4 is 5.91 Å². The van der Waals surface area contributed by atoms with E-state index in [0.717, 1.165) is 12.1 Å². The van der Waals surface area contributed by atoms with Crippen LogP contribution in [0.3, 0.4) is 0 Å². The highest BCUT2D eigenvalue weighted by molar-refractivity contribution is 5.83. The molecule has 0 radical (unpaired) electrons. The summed E-state index contributed by atoms with van der Waals surface area (Å²) >= 11 is 0. The smallest absolute Gasteiger partial charge is 0.354 e. The molecule has 98 valence electrons. The van der Waals surface area contributed by atoms with E-state index in [0.29, 0.717) is 5.56 Å². The van der Waals surface area contributed by atoms with Gasteiger partial charge in [0.2, 0.25) is 0 Å². The molecule has 1 saturated heterocycles. The Labute approximate surface area is 102 Å². The molecule has 0 bridgehead atoms. The van der Waals surface area contributed by atoms with Crippen molar-refractivity contribution in [1.82, 2.24) is 4.90 Å². The van der Waals surface area contributed by atoms with E-state index in [2.05, 4.69) is 0 Å². The third kappa shape index (κ3) is 2.48. The zero-order chi connectivity index (χ0) is 13.5. The number of amides is 1. The summed E-state index contributed by atoms with van der Waals surface area (Å²) in [5.41, 5.74) is -0.120. The van der Waals surface area contributed by atoms with E-state index in [1.54, 1.807) is 14.1 Å². The van der Waals surface area contributed by atoms with Crippen molar-refractivity contribution in [3.63, 3.8) is 0 Å². The van der Waals surface area contributed by atoms with Crippen molar-refractivity contribution in [3.8, 4) is 0 Å². The number of rotatable bonds is 2. The molecule has 1 amide bonds. The van der Waals surface area contributed by atoms with Crippen molar-refractivity contribution in [2.24, 2.45) is 0 Å². The predicted molar refractivity (Wildman–Crippen MR) is 57.8 cm³/mol. The van der Waals surface area contributed by atoms with Gasteiger partial charge < -0.3 is 9.64 Å². The van der Waals surface area contributed by atoms with E-state index >= 15 is 0 Å². The number of nitrogens with zero attached hydrogens (tertiary/aromatic N) is 1. The van der Waals surface area contributed by atoms with Crippen LogP contribution in [0.25, 0.3) is 0 Å². The second-order valence-electron chi connectivity index (χ2n) is 4.33. The first kappa shape index (κ1) is 12.9. The Morgan fingerprint density at radius 3 is 2.22 bits per heavy atom. The quantitative estimate of drug-likeness (QED) is 0.763. The van der Waals surface area contributed by atoms with Crippen molar-refractivity contribution in [2.75, 3.05) is 14.1 Å². The highest BCUT2D eigenvalue weighted by atomic mass is 19.4. The van der Waals surface area contributed by atoms with E-state index < -0.39 is 23.9 Å². The molecule has 0 aliphatic carbocycles. The molecule has 0 saturated carbocycles. The first-order valence-corrected chi connectivity index (χ1v) is 5.34. The molecule has 1 aliphatic heterocycles. The van der Waals surface area contributed by atoms with Crippen LogP contribution in [-0.2, 0) is 15.7 Å². The van der Waals surface area contributed by atoms with E-state index in [1.807, 2.05) is 0 Å². The number of alkyl halides is 3. The molecular formula is C12H12F3NO2. The van der Waals surface area contributed by atoms with E-state index in [4.69, 9.17) is 4.74 Å². The maximum atomic E-state index is 12.4. The van der Waals surface area contributed by atoms with Gasteiger partial charge in [0.25, 0.3) is 5.91 Å². The third-order valence-corrected chi connectivity index (χ3v) is 2.74. The maximum absolute atomic E-state index is 12.4. The van der Waals surface area contributed by atoms with Gasteiger partial charge in [-0.25, -0.2) is 0 Å². The van der Waals surface area contributed by atoms with Crippen LogP contribution in [0.2, 0.25) is 0 Å². The summed E-state index contributed by atoms with van der Waals surface area (Å²) in [5, 5.41) is 0. The Morgan fingerprint density at radius 1 is 1.22 bits per heavy atom. The van der Waals surface area contributed by atoms with Crippen LogP contribution in [0.4, 0.5) is 13.2 Å². The van der Waals surface area contributed by atoms with Crippen LogP contribution in [-0.4, -0.2) is 31.0 Å². The van der Waals surface area contributed by atoms with E-state index in [1.165, 1.54) is 17.0 Å². The summed E-state index contributed by atoms with van der Waals surface area (Å²) in [4.78, 5) is 12.9. The molecule has 1 heterocycles. The van der Waals surface area contributed by atoms with Gasteiger partial charge in [0.05, 0.1) is 5.56 Å². The van der Waals surface area contributed by atoms with Crippen LogP contribution >= 0.6 is 0 Å². The van der Waals surface area contributed by atoms with Crippen LogP contribution < -0.4 is 0 Å². The molecule has 1 fully saturated rings. The Balaban J connectivity index is 2.07. The number of benzene rings is 1. The Bertz CT molecular complexity index is 453. The third-order valence-electron chi connectivity index (χ3n) is 2.74. The molecule has 6 heteroatoms. The largest absolute Gasteiger partial charge is 0.416 e. The second-order valence-corrected chi connectivity index (χ2v) is 4.33. The average Bonchev–Trinajstić information content (AvgIpc) is 3.07. The van der Waals surface area contributed by atoms with Crippen molar-refractivity contribution in [1.29, 1.82) is 0 Å². The lowest BCUT2D eigenvalue weighted by Crippen LogP contribution is -2.26. The van der Waals surface area contributed by atoms with Crippen LogP contribution in [0.5, 0.6) is 0 Å². The fraction of sp³-hybridized carbons (Fsp3) is 0.417. The van der Waals surface area contributed by atoms with Gasteiger partial charge >= 0.3 is 6.18 Å². The fourth-order valence-corrected chi connectivity index (χ4v) is 1.67. The zero-order valence-electron chi connectivity index (χ0n) is 9.86. The molecule has 0 unspecified atom stereocenters. The molecule has 2 atom stereocenters. The van der Waals surface area contributed by atoms with Gasteiger partial charge in [-0.15, -0.1) is 0 Å². The minimum atomic E-state index is -4.35. The summed E-state index contributed by atoms with van der Waals surface area (Å²) in [5.74, 6) is -0.181. The van der Waals surface area contributed by atoms with Crippen molar-refractivity contribution in [2.45, 2.75) is 18.4 Å². The van der Waals surface area contributed by atoms with Gasteiger partial charge in [0.1, 0.15) is 6.10 Å². The lowest BCUT2D eigenvalue weighted by atomic mass is 10.1. The second kappa shape index (κ2) is 4.28. The average molecular weight is 259 g/mol. The van der Waals surface area contributed by atoms with Gasteiger partial charge in [-0.3, -0.25) is 4.79 Å². The Morgan fingerprint density at radius 2 is 1.78 bits per heavy atom. The summed E-state index contributed by atoms with van der Waals surface area (Å²) in [6.07, 6.45) is -5.35. The van der Waals surface area contributed by atoms with E-state index in [-0.39, 0.29) is 5.91 Å². The topological polar surface area (TPSA) is 32.8 Å². The summed E-state index contributed by atoms with van der Waals surface area (Å²) in [6.45, 7) is 0. The highest BCUT2D eigenvalue weighted by Crippen LogP contribution is 2.40. The molecule has 0 spiro atoms. The number of carbonyl (C=O) groups excluding carboxylic acids is 1. The normalized spacial score (nSPS) is 22.7. The molecule has 1 aromatic rings. The summed E-state index contributed by atoms with van der Waals surface area (Å²) < 4.78 is 42.2. The Hall–Kier alpha value is -1.56. The van der Waals surface area contributed by atoms with Gasteiger partial charge in [0.15, 0.2) is 6.10 Å². The van der Waals surface area contributed by atoms with Crippen LogP contribution in [0.15, 0.2) is 24.3 Å². The summed E-state index contributed by atoms with van der Waals surface area (Å²) in [6, 6.07) is 4.68. The molecule has 0 N–H and O–H groups in total. The van der Waals surface area contributed by atoms with Crippen LogP contribution in [0.1, 0.15) is 17.2 Å². The predicted octanol–water partition coefficient (Wildman–Crippen LogP) is 2.23. The molecule has 1 aliphatic rings. The monoisotopic (exact) mass is 259 g/mol. The van der Waals surface area contributed by atoms with Crippen molar-refractivity contribution < 1.29 is 22.7 Å². The van der Waals surface area contributed by atoms with Crippen molar-refractivity contribution in [3.05, 3.63) is 35.4 Å². The number of hydrogen-bond acceptors (Lipinski definition) is 2. The molecule has 1 aromatic carbocycles. The summed E-state index contributed by atoms with van der Waals surface area (Å²) in [7, 11) is 3.21. The van der Waals surface area contributed by atoms with Crippen LogP contribution in [0, 0.1) is 0 Å². The number of ether oxygens (including phenoxy) is 1. The van der Waals surface area contributed by atoms with Gasteiger partial charge in [-0.05, 0) is 17.7 Å².